The number of rotatable bonds is 9. The molecule has 9 nitrogen and oxygen atoms in total. The van der Waals surface area contributed by atoms with Crippen molar-refractivity contribution in [3.8, 4) is 0 Å². The number of carbonyl (C=O) groups is 4. The number of nitrogens with one attached hydrogen (secondary N) is 2. The molecule has 0 spiro atoms. The SMILES string of the molecule is C=CCOC(=O)[C@H](CSC(=O)[C@]1([C@@H](O)C(C)C)NC(=O)[C@H](C)[C@H]1O)NC(C)=O. The van der Waals surface area contributed by atoms with Gasteiger partial charge in [-0.25, -0.2) is 4.79 Å². The van der Waals surface area contributed by atoms with Crippen LogP contribution in [0.15, 0.2) is 12.7 Å². The molecule has 0 radical (unpaired) electrons. The zero-order valence-electron chi connectivity index (χ0n) is 16.4. The minimum Gasteiger partial charge on any atom is -0.460 e. The first-order chi connectivity index (χ1) is 13.0. The van der Waals surface area contributed by atoms with Crippen LogP contribution in [0.3, 0.4) is 0 Å². The van der Waals surface area contributed by atoms with Crippen molar-refractivity contribution in [2.45, 2.75) is 51.5 Å². The monoisotopic (exact) mass is 416 g/mol. The van der Waals surface area contributed by atoms with Crippen molar-refractivity contribution in [2.24, 2.45) is 11.8 Å². The maximum Gasteiger partial charge on any atom is 0.329 e. The van der Waals surface area contributed by atoms with E-state index in [1.807, 2.05) is 0 Å². The molecular formula is C18H28N2O7S. The van der Waals surface area contributed by atoms with E-state index in [1.54, 1.807) is 13.8 Å². The van der Waals surface area contributed by atoms with E-state index >= 15 is 0 Å². The number of carbonyl (C=O) groups excluding carboxylic acids is 4. The second kappa shape index (κ2) is 10.0. The molecule has 4 N–H and O–H groups in total. The van der Waals surface area contributed by atoms with Crippen molar-refractivity contribution in [1.29, 1.82) is 0 Å². The summed E-state index contributed by atoms with van der Waals surface area (Å²) in [5.74, 6) is -3.32. The van der Waals surface area contributed by atoms with Crippen LogP contribution in [-0.2, 0) is 23.9 Å². The summed E-state index contributed by atoms with van der Waals surface area (Å²) in [6.45, 7) is 9.34. The summed E-state index contributed by atoms with van der Waals surface area (Å²) < 4.78 is 4.91. The van der Waals surface area contributed by atoms with Gasteiger partial charge in [0.15, 0.2) is 5.54 Å². The van der Waals surface area contributed by atoms with Crippen LogP contribution in [0, 0.1) is 11.8 Å². The van der Waals surface area contributed by atoms with Crippen molar-refractivity contribution in [3.05, 3.63) is 12.7 Å². The van der Waals surface area contributed by atoms with Crippen LogP contribution in [0.25, 0.3) is 0 Å². The van der Waals surface area contributed by atoms with Crippen LogP contribution in [-0.4, -0.2) is 69.3 Å². The molecular weight excluding hydrogens is 388 g/mol. The standard InChI is InChI=1S/C18H28N2O7S/c1-6-7-27-16(25)12(19-11(5)21)8-28-17(26)18(13(22)9(2)3)14(23)10(4)15(24)20-18/h6,9-10,12-14,22-23H,1,7-8H2,2-5H3,(H,19,21)(H,20,24)/t10-,12+,13+,14-,18-/m1/s1. The molecule has 10 heteroatoms. The van der Waals surface area contributed by atoms with Crippen LogP contribution in [0.2, 0.25) is 0 Å². The lowest BCUT2D eigenvalue weighted by Crippen LogP contribution is -2.64. The first kappa shape index (κ1) is 24.1. The maximum atomic E-state index is 13.0. The van der Waals surface area contributed by atoms with Gasteiger partial charge in [0.2, 0.25) is 16.9 Å². The average Bonchev–Trinajstić information content (AvgIpc) is 2.86. The quantitative estimate of drug-likeness (QED) is 0.287. The Morgan fingerprint density at radius 3 is 2.46 bits per heavy atom. The summed E-state index contributed by atoms with van der Waals surface area (Å²) in [6.07, 6.45) is -1.42. The molecule has 1 fully saturated rings. The lowest BCUT2D eigenvalue weighted by Gasteiger charge is -2.37. The second-order valence-corrected chi connectivity index (χ2v) is 8.04. The Bertz CT molecular complexity index is 639. The normalized spacial score (nSPS) is 26.3. The largest absolute Gasteiger partial charge is 0.460 e. The summed E-state index contributed by atoms with van der Waals surface area (Å²) in [5, 5.41) is 25.3. The van der Waals surface area contributed by atoms with Crippen molar-refractivity contribution in [1.82, 2.24) is 10.6 Å². The number of thioether (sulfide) groups is 1. The van der Waals surface area contributed by atoms with Gasteiger partial charge in [-0.15, -0.1) is 0 Å². The van der Waals surface area contributed by atoms with Crippen molar-refractivity contribution in [2.75, 3.05) is 12.4 Å². The van der Waals surface area contributed by atoms with Crippen LogP contribution >= 0.6 is 11.8 Å². The summed E-state index contributed by atoms with van der Waals surface area (Å²) in [5.41, 5.74) is -1.90. The highest BCUT2D eigenvalue weighted by Crippen LogP contribution is 2.36. The molecule has 28 heavy (non-hydrogen) atoms. The first-order valence-electron chi connectivity index (χ1n) is 8.89. The molecule has 1 aliphatic heterocycles. The smallest absolute Gasteiger partial charge is 0.329 e. The minimum absolute atomic E-state index is 0.0597. The number of aliphatic hydroxyl groups excluding tert-OH is 2. The second-order valence-electron chi connectivity index (χ2n) is 7.05. The third kappa shape index (κ3) is 5.12. The fourth-order valence-electron chi connectivity index (χ4n) is 2.93. The predicted molar refractivity (Wildman–Crippen MR) is 103 cm³/mol. The molecule has 0 saturated carbocycles. The van der Waals surface area contributed by atoms with Crippen molar-refractivity contribution < 1.29 is 34.1 Å². The van der Waals surface area contributed by atoms with Crippen LogP contribution < -0.4 is 10.6 Å². The maximum absolute atomic E-state index is 13.0. The van der Waals surface area contributed by atoms with Gasteiger partial charge in [-0.3, -0.25) is 14.4 Å². The fourth-order valence-corrected chi connectivity index (χ4v) is 4.00. The van der Waals surface area contributed by atoms with Gasteiger partial charge in [-0.1, -0.05) is 45.2 Å². The molecule has 0 aliphatic carbocycles. The van der Waals surface area contributed by atoms with Crippen LogP contribution in [0.4, 0.5) is 0 Å². The van der Waals surface area contributed by atoms with E-state index in [0.29, 0.717) is 11.8 Å². The predicted octanol–water partition coefficient (Wildman–Crippen LogP) is -0.637. The van der Waals surface area contributed by atoms with E-state index < -0.39 is 58.5 Å². The molecule has 0 unspecified atom stereocenters. The zero-order valence-corrected chi connectivity index (χ0v) is 17.2. The summed E-state index contributed by atoms with van der Waals surface area (Å²) >= 11 is 0.623. The molecule has 1 rings (SSSR count). The highest BCUT2D eigenvalue weighted by Gasteiger charge is 2.60. The lowest BCUT2D eigenvalue weighted by atomic mass is 9.81. The van der Waals surface area contributed by atoms with Gasteiger partial charge in [0.1, 0.15) is 12.6 Å². The van der Waals surface area contributed by atoms with E-state index in [-0.39, 0.29) is 12.4 Å². The Balaban J connectivity index is 3.03. The van der Waals surface area contributed by atoms with Gasteiger partial charge < -0.3 is 25.6 Å². The molecule has 5 atom stereocenters. The van der Waals surface area contributed by atoms with Gasteiger partial charge in [0.05, 0.1) is 18.1 Å². The fraction of sp³-hybridized carbons (Fsp3) is 0.667. The Morgan fingerprint density at radius 1 is 1.43 bits per heavy atom. The van der Waals surface area contributed by atoms with Crippen molar-refractivity contribution in [3.63, 3.8) is 0 Å². The first-order valence-corrected chi connectivity index (χ1v) is 9.87. The third-order valence-electron chi connectivity index (χ3n) is 4.51. The molecule has 0 aromatic rings. The summed E-state index contributed by atoms with van der Waals surface area (Å²) in [7, 11) is 0. The van der Waals surface area contributed by atoms with E-state index in [4.69, 9.17) is 4.74 Å². The number of ether oxygens (including phenoxy) is 1. The number of amides is 2. The number of aliphatic hydroxyl groups is 2. The Labute approximate surface area is 168 Å². The Morgan fingerprint density at radius 2 is 2.04 bits per heavy atom. The van der Waals surface area contributed by atoms with Crippen molar-refractivity contribution >= 4 is 34.7 Å². The van der Waals surface area contributed by atoms with Gasteiger partial charge >= 0.3 is 5.97 Å². The van der Waals surface area contributed by atoms with Gasteiger partial charge in [0.25, 0.3) is 0 Å². The van der Waals surface area contributed by atoms with E-state index in [9.17, 15) is 29.4 Å². The van der Waals surface area contributed by atoms with Gasteiger partial charge in [0, 0.05) is 12.7 Å². The van der Waals surface area contributed by atoms with Gasteiger partial charge in [-0.2, -0.15) is 0 Å². The van der Waals surface area contributed by atoms with Crippen LogP contribution in [0.1, 0.15) is 27.7 Å². The Hall–Kier alpha value is -1.91. The highest BCUT2D eigenvalue weighted by atomic mass is 32.2. The van der Waals surface area contributed by atoms with Gasteiger partial charge in [-0.05, 0) is 5.92 Å². The molecule has 1 saturated heterocycles. The van der Waals surface area contributed by atoms with E-state index in [1.165, 1.54) is 19.9 Å². The molecule has 1 aliphatic rings. The molecule has 158 valence electrons. The third-order valence-corrected chi connectivity index (χ3v) is 5.61. The lowest BCUT2D eigenvalue weighted by molar-refractivity contribution is -0.145. The minimum atomic E-state index is -1.90. The highest BCUT2D eigenvalue weighted by molar-refractivity contribution is 8.13. The molecule has 1 heterocycles. The summed E-state index contributed by atoms with van der Waals surface area (Å²) in [4.78, 5) is 48.5. The topological polar surface area (TPSA) is 142 Å². The number of esters is 1. The Kier molecular flexibility index (Phi) is 8.65. The van der Waals surface area contributed by atoms with E-state index in [0.717, 1.165) is 0 Å². The van der Waals surface area contributed by atoms with E-state index in [2.05, 4.69) is 17.2 Å². The molecule has 0 aromatic carbocycles. The van der Waals surface area contributed by atoms with Crippen LogP contribution in [0.5, 0.6) is 0 Å². The average molecular weight is 416 g/mol. The molecule has 0 aromatic heterocycles. The summed E-state index contributed by atoms with van der Waals surface area (Å²) in [6, 6.07) is -1.12. The zero-order chi connectivity index (χ0) is 21.6. The molecule has 2 amide bonds. The molecule has 0 bridgehead atoms. The number of hydrogen-bond donors (Lipinski definition) is 4. The number of hydrogen-bond acceptors (Lipinski definition) is 8.